The predicted octanol–water partition coefficient (Wildman–Crippen LogP) is 6.62. The molecule has 1 unspecified atom stereocenters. The predicted molar refractivity (Wildman–Crippen MR) is 87.6 cm³/mol. The molecule has 0 amide bonds. The first-order chi connectivity index (χ1) is 10.4. The number of alkyl halides is 2. The Hall–Kier alpha value is 0.01000. The van der Waals surface area contributed by atoms with Crippen molar-refractivity contribution in [1.82, 2.24) is 0 Å². The summed E-state index contributed by atoms with van der Waals surface area (Å²) in [4.78, 5) is 0. The molecular formula is C16H33F2O3P. The lowest BCUT2D eigenvalue weighted by molar-refractivity contribution is -0.00964. The van der Waals surface area contributed by atoms with E-state index in [0.717, 1.165) is 25.7 Å². The highest BCUT2D eigenvalue weighted by Crippen LogP contribution is 2.65. The van der Waals surface area contributed by atoms with E-state index in [9.17, 15) is 13.3 Å². The summed E-state index contributed by atoms with van der Waals surface area (Å²) < 4.78 is 50.7. The van der Waals surface area contributed by atoms with Gasteiger partial charge in [0.2, 0.25) is 0 Å². The lowest BCUT2D eigenvalue weighted by atomic mass is 10.0. The van der Waals surface area contributed by atoms with E-state index in [1.807, 2.05) is 0 Å². The van der Waals surface area contributed by atoms with Crippen molar-refractivity contribution in [1.29, 1.82) is 0 Å². The van der Waals surface area contributed by atoms with Crippen LogP contribution in [-0.2, 0) is 13.6 Å². The molecule has 22 heavy (non-hydrogen) atoms. The molecule has 0 aromatic heterocycles. The van der Waals surface area contributed by atoms with Crippen molar-refractivity contribution in [2.45, 2.75) is 84.7 Å². The molecule has 6 heteroatoms. The summed E-state index contributed by atoms with van der Waals surface area (Å²) in [6, 6.07) is 0. The van der Waals surface area contributed by atoms with E-state index in [-0.39, 0.29) is 13.2 Å². The maximum atomic E-state index is 14.4. The second-order valence-corrected chi connectivity index (χ2v) is 7.84. The number of halogens is 2. The molecule has 0 saturated heterocycles. The Morgan fingerprint density at radius 2 is 1.36 bits per heavy atom. The van der Waals surface area contributed by atoms with Crippen LogP contribution in [-0.4, -0.2) is 18.9 Å². The van der Waals surface area contributed by atoms with Crippen molar-refractivity contribution in [3.05, 3.63) is 0 Å². The fourth-order valence-corrected chi connectivity index (χ4v) is 4.17. The SMILES string of the molecule is CCCCCCCCCC(C)C(F)(F)P(=O)(OCC)OCC. The second kappa shape index (κ2) is 11.5. The van der Waals surface area contributed by atoms with Gasteiger partial charge in [0.25, 0.3) is 0 Å². The topological polar surface area (TPSA) is 35.5 Å². The van der Waals surface area contributed by atoms with Crippen LogP contribution in [0.15, 0.2) is 0 Å². The summed E-state index contributed by atoms with van der Waals surface area (Å²) in [7, 11) is -4.38. The molecule has 0 aliphatic rings. The molecule has 0 heterocycles. The minimum atomic E-state index is -4.38. The lowest BCUT2D eigenvalue weighted by Crippen LogP contribution is -2.28. The highest BCUT2D eigenvalue weighted by molar-refractivity contribution is 7.55. The Labute approximate surface area is 134 Å². The monoisotopic (exact) mass is 342 g/mol. The van der Waals surface area contributed by atoms with Gasteiger partial charge in [-0.2, -0.15) is 8.78 Å². The van der Waals surface area contributed by atoms with Crippen molar-refractivity contribution in [3.8, 4) is 0 Å². The number of rotatable bonds is 14. The number of unbranched alkanes of at least 4 members (excludes halogenated alkanes) is 6. The molecule has 0 bridgehead atoms. The smallest absolute Gasteiger partial charge is 0.305 e. The van der Waals surface area contributed by atoms with Gasteiger partial charge in [0.15, 0.2) is 0 Å². The van der Waals surface area contributed by atoms with Gasteiger partial charge >= 0.3 is 13.3 Å². The molecule has 0 saturated carbocycles. The first-order valence-electron chi connectivity index (χ1n) is 8.62. The zero-order valence-corrected chi connectivity index (χ0v) is 15.5. The van der Waals surface area contributed by atoms with Crippen LogP contribution in [0, 0.1) is 5.92 Å². The van der Waals surface area contributed by atoms with E-state index in [4.69, 9.17) is 9.05 Å². The minimum Gasteiger partial charge on any atom is -0.305 e. The van der Waals surface area contributed by atoms with Crippen molar-refractivity contribution in [2.24, 2.45) is 5.92 Å². The van der Waals surface area contributed by atoms with Crippen LogP contribution in [0.2, 0.25) is 0 Å². The molecule has 0 aromatic carbocycles. The van der Waals surface area contributed by atoms with Crippen molar-refractivity contribution in [3.63, 3.8) is 0 Å². The average molecular weight is 342 g/mol. The maximum Gasteiger partial charge on any atom is 0.399 e. The number of hydrogen-bond donors (Lipinski definition) is 0. The van der Waals surface area contributed by atoms with Gasteiger partial charge in [0, 0.05) is 5.92 Å². The Bertz CT molecular complexity index is 315. The molecule has 0 fully saturated rings. The molecule has 0 spiro atoms. The van der Waals surface area contributed by atoms with Gasteiger partial charge in [0.1, 0.15) is 0 Å². The van der Waals surface area contributed by atoms with Crippen LogP contribution in [0.3, 0.4) is 0 Å². The van der Waals surface area contributed by atoms with E-state index >= 15 is 0 Å². The lowest BCUT2D eigenvalue weighted by Gasteiger charge is -2.30. The maximum absolute atomic E-state index is 14.4. The third-order valence-electron chi connectivity index (χ3n) is 3.80. The summed E-state index contributed by atoms with van der Waals surface area (Å²) in [5, 5.41) is 0. The van der Waals surface area contributed by atoms with E-state index in [0.29, 0.717) is 6.42 Å². The van der Waals surface area contributed by atoms with Crippen LogP contribution < -0.4 is 0 Å². The summed E-state index contributed by atoms with van der Waals surface area (Å²) in [6.07, 6.45) is 7.89. The first-order valence-corrected chi connectivity index (χ1v) is 10.2. The van der Waals surface area contributed by atoms with Crippen LogP contribution in [0.5, 0.6) is 0 Å². The van der Waals surface area contributed by atoms with Gasteiger partial charge in [-0.15, -0.1) is 0 Å². The van der Waals surface area contributed by atoms with Gasteiger partial charge in [0.05, 0.1) is 13.2 Å². The Morgan fingerprint density at radius 1 is 0.909 bits per heavy atom. The Kier molecular flexibility index (Phi) is 11.5. The molecule has 0 radical (unpaired) electrons. The number of hydrogen-bond acceptors (Lipinski definition) is 3. The van der Waals surface area contributed by atoms with Crippen molar-refractivity contribution in [2.75, 3.05) is 13.2 Å². The van der Waals surface area contributed by atoms with Gasteiger partial charge < -0.3 is 9.05 Å². The third-order valence-corrected chi connectivity index (χ3v) is 6.16. The first kappa shape index (κ1) is 22.0. The van der Waals surface area contributed by atoms with Crippen molar-refractivity contribution < 1.29 is 22.4 Å². The fourth-order valence-electron chi connectivity index (χ4n) is 2.40. The normalized spacial score (nSPS) is 14.3. The molecule has 3 nitrogen and oxygen atoms in total. The van der Waals surface area contributed by atoms with Gasteiger partial charge in [-0.05, 0) is 20.3 Å². The van der Waals surface area contributed by atoms with E-state index < -0.39 is 19.2 Å². The Balaban J connectivity index is 4.30. The van der Waals surface area contributed by atoms with E-state index in [1.165, 1.54) is 26.2 Å². The Morgan fingerprint density at radius 3 is 1.82 bits per heavy atom. The van der Waals surface area contributed by atoms with Crippen molar-refractivity contribution >= 4 is 7.60 Å². The summed E-state index contributed by atoms with van der Waals surface area (Å²) in [5.41, 5.74) is -3.43. The van der Waals surface area contributed by atoms with Crippen LogP contribution in [0.4, 0.5) is 8.78 Å². The summed E-state index contributed by atoms with van der Waals surface area (Å²) in [5.74, 6) is -1.01. The van der Waals surface area contributed by atoms with E-state index in [2.05, 4.69) is 6.92 Å². The van der Waals surface area contributed by atoms with Crippen LogP contribution >= 0.6 is 7.60 Å². The largest absolute Gasteiger partial charge is 0.399 e. The van der Waals surface area contributed by atoms with Gasteiger partial charge in [-0.3, -0.25) is 4.57 Å². The molecule has 0 rings (SSSR count). The molecule has 0 aliphatic carbocycles. The third kappa shape index (κ3) is 7.06. The van der Waals surface area contributed by atoms with Gasteiger partial charge in [-0.25, -0.2) is 0 Å². The summed E-state index contributed by atoms with van der Waals surface area (Å²) in [6.45, 7) is 6.60. The fraction of sp³-hybridized carbons (Fsp3) is 1.00. The molecule has 0 aliphatic heterocycles. The summed E-state index contributed by atoms with van der Waals surface area (Å²) >= 11 is 0. The molecule has 0 aromatic rings. The molecule has 1 atom stereocenters. The quantitative estimate of drug-likeness (QED) is 0.263. The minimum absolute atomic E-state index is 0.0446. The van der Waals surface area contributed by atoms with Crippen LogP contribution in [0.25, 0.3) is 0 Å². The molecule has 0 N–H and O–H groups in total. The average Bonchev–Trinajstić information content (AvgIpc) is 2.46. The molecular weight excluding hydrogens is 309 g/mol. The highest BCUT2D eigenvalue weighted by Gasteiger charge is 2.56. The zero-order chi connectivity index (χ0) is 17.1. The van der Waals surface area contributed by atoms with Crippen LogP contribution in [0.1, 0.15) is 79.1 Å². The van der Waals surface area contributed by atoms with E-state index in [1.54, 1.807) is 13.8 Å². The highest BCUT2D eigenvalue weighted by atomic mass is 31.2. The zero-order valence-electron chi connectivity index (χ0n) is 14.6. The molecule has 134 valence electrons. The standard InChI is InChI=1S/C16H33F2O3P/c1-5-8-9-10-11-12-13-14-15(4)16(17,18)22(19,20-6-2)21-7-3/h15H,5-14H2,1-4H3. The van der Waals surface area contributed by atoms with Gasteiger partial charge in [-0.1, -0.05) is 58.8 Å². The second-order valence-electron chi connectivity index (χ2n) is 5.73.